The SMILES string of the molecule is CCNC(=NCc1nc(-c2cccc(Cl)c2)no1)NC1CCN(c2ccccc2)CC1.I. The lowest BCUT2D eigenvalue weighted by Crippen LogP contribution is -2.48. The first-order valence-corrected chi connectivity index (χ1v) is 11.0. The second kappa shape index (κ2) is 12.1. The zero-order valence-corrected chi connectivity index (χ0v) is 21.1. The number of hydrogen-bond acceptors (Lipinski definition) is 5. The number of aromatic nitrogens is 2. The highest BCUT2D eigenvalue weighted by molar-refractivity contribution is 14.0. The van der Waals surface area contributed by atoms with Crippen molar-refractivity contribution in [3.8, 4) is 11.4 Å². The van der Waals surface area contributed by atoms with Crippen LogP contribution in [0.3, 0.4) is 0 Å². The van der Waals surface area contributed by atoms with E-state index in [-0.39, 0.29) is 24.0 Å². The third-order valence-electron chi connectivity index (χ3n) is 5.22. The molecular weight excluding hydrogens is 539 g/mol. The molecule has 0 unspecified atom stereocenters. The van der Waals surface area contributed by atoms with E-state index < -0.39 is 0 Å². The summed E-state index contributed by atoms with van der Waals surface area (Å²) in [5, 5.41) is 11.5. The molecule has 0 bridgehead atoms. The van der Waals surface area contributed by atoms with Gasteiger partial charge in [0.05, 0.1) is 0 Å². The second-order valence-corrected chi connectivity index (χ2v) is 7.89. The van der Waals surface area contributed by atoms with Crippen LogP contribution in [0.25, 0.3) is 11.4 Å². The van der Waals surface area contributed by atoms with Crippen LogP contribution in [-0.4, -0.2) is 41.8 Å². The van der Waals surface area contributed by atoms with E-state index in [2.05, 4.69) is 67.9 Å². The van der Waals surface area contributed by atoms with Crippen LogP contribution in [0, 0.1) is 0 Å². The van der Waals surface area contributed by atoms with Crippen molar-refractivity contribution in [1.82, 2.24) is 20.8 Å². The van der Waals surface area contributed by atoms with Gasteiger partial charge in [0.25, 0.3) is 0 Å². The first-order valence-electron chi connectivity index (χ1n) is 10.6. The number of guanidine groups is 1. The minimum Gasteiger partial charge on any atom is -0.371 e. The molecular formula is C23H28ClIN6O. The van der Waals surface area contributed by atoms with Gasteiger partial charge in [0.1, 0.15) is 6.54 Å². The molecule has 1 aromatic heterocycles. The summed E-state index contributed by atoms with van der Waals surface area (Å²) in [7, 11) is 0. The van der Waals surface area contributed by atoms with Gasteiger partial charge in [-0.05, 0) is 44.0 Å². The van der Waals surface area contributed by atoms with Crippen molar-refractivity contribution < 1.29 is 4.52 Å². The third kappa shape index (κ3) is 6.59. The van der Waals surface area contributed by atoms with Crippen LogP contribution in [0.5, 0.6) is 0 Å². The predicted octanol–water partition coefficient (Wildman–Crippen LogP) is 4.73. The molecule has 1 aliphatic heterocycles. The van der Waals surface area contributed by atoms with Gasteiger partial charge in [0.15, 0.2) is 5.96 Å². The van der Waals surface area contributed by atoms with Crippen molar-refractivity contribution in [3.05, 3.63) is 65.5 Å². The second-order valence-electron chi connectivity index (χ2n) is 7.46. The number of nitrogens with one attached hydrogen (secondary N) is 2. The fourth-order valence-corrected chi connectivity index (χ4v) is 3.84. The van der Waals surface area contributed by atoms with Gasteiger partial charge in [-0.2, -0.15) is 4.98 Å². The summed E-state index contributed by atoms with van der Waals surface area (Å²) in [6, 6.07) is 18.3. The molecule has 4 rings (SSSR count). The Morgan fingerprint density at radius 2 is 1.94 bits per heavy atom. The van der Waals surface area contributed by atoms with Crippen LogP contribution in [0.2, 0.25) is 5.02 Å². The normalized spacial score (nSPS) is 14.7. The Bertz CT molecular complexity index is 1000. The number of benzene rings is 2. The molecule has 3 aromatic rings. The van der Waals surface area contributed by atoms with Crippen LogP contribution >= 0.6 is 35.6 Å². The minimum absolute atomic E-state index is 0. The van der Waals surface area contributed by atoms with E-state index in [1.54, 1.807) is 0 Å². The highest BCUT2D eigenvalue weighted by Gasteiger charge is 2.20. The number of aliphatic imine (C=N–C) groups is 1. The maximum Gasteiger partial charge on any atom is 0.248 e. The summed E-state index contributed by atoms with van der Waals surface area (Å²) in [5.74, 6) is 1.74. The van der Waals surface area contributed by atoms with Gasteiger partial charge < -0.3 is 20.1 Å². The Kier molecular flexibility index (Phi) is 9.16. The molecule has 0 radical (unpaired) electrons. The first-order chi connectivity index (χ1) is 15.2. The zero-order valence-electron chi connectivity index (χ0n) is 18.0. The lowest BCUT2D eigenvalue weighted by Gasteiger charge is -2.34. The Balaban J connectivity index is 0.00000289. The largest absolute Gasteiger partial charge is 0.371 e. The fourth-order valence-electron chi connectivity index (χ4n) is 3.64. The number of halogens is 2. The summed E-state index contributed by atoms with van der Waals surface area (Å²) >= 11 is 6.05. The Hall–Kier alpha value is -2.33. The Morgan fingerprint density at radius 1 is 1.16 bits per heavy atom. The van der Waals surface area contributed by atoms with Crippen LogP contribution in [0.1, 0.15) is 25.7 Å². The van der Waals surface area contributed by atoms with Crippen molar-refractivity contribution in [1.29, 1.82) is 0 Å². The fraction of sp³-hybridized carbons (Fsp3) is 0.348. The lowest BCUT2D eigenvalue weighted by atomic mass is 10.0. The molecule has 2 N–H and O–H groups in total. The monoisotopic (exact) mass is 566 g/mol. The number of hydrogen-bond donors (Lipinski definition) is 2. The van der Waals surface area contributed by atoms with Crippen molar-refractivity contribution in [3.63, 3.8) is 0 Å². The Morgan fingerprint density at radius 3 is 2.66 bits per heavy atom. The van der Waals surface area contributed by atoms with Gasteiger partial charge in [-0.15, -0.1) is 24.0 Å². The van der Waals surface area contributed by atoms with Gasteiger partial charge in [0, 0.05) is 41.9 Å². The van der Waals surface area contributed by atoms with Crippen molar-refractivity contribution >= 4 is 47.2 Å². The quantitative estimate of drug-likeness (QED) is 0.255. The first kappa shape index (κ1) is 24.3. The van der Waals surface area contributed by atoms with Crippen LogP contribution < -0.4 is 15.5 Å². The van der Waals surface area contributed by atoms with E-state index in [4.69, 9.17) is 16.1 Å². The number of para-hydroxylation sites is 1. The summed E-state index contributed by atoms with van der Waals surface area (Å²) in [6.07, 6.45) is 2.11. The third-order valence-corrected chi connectivity index (χ3v) is 5.46. The molecule has 0 spiro atoms. The number of rotatable bonds is 6. The molecule has 2 aromatic carbocycles. The maximum atomic E-state index is 6.05. The van der Waals surface area contributed by atoms with E-state index in [0.717, 1.165) is 44.0 Å². The van der Waals surface area contributed by atoms with Crippen molar-refractivity contribution in [2.75, 3.05) is 24.5 Å². The number of piperidine rings is 1. The average molecular weight is 567 g/mol. The van der Waals surface area contributed by atoms with E-state index in [0.29, 0.717) is 29.3 Å². The molecule has 170 valence electrons. The molecule has 1 aliphatic rings. The number of nitrogens with zero attached hydrogens (tertiary/aromatic N) is 4. The van der Waals surface area contributed by atoms with Crippen molar-refractivity contribution in [2.24, 2.45) is 4.99 Å². The maximum absolute atomic E-state index is 6.05. The highest BCUT2D eigenvalue weighted by Crippen LogP contribution is 2.21. The zero-order chi connectivity index (χ0) is 21.5. The summed E-state index contributed by atoms with van der Waals surface area (Å²) < 4.78 is 5.37. The topological polar surface area (TPSA) is 78.6 Å². The molecule has 32 heavy (non-hydrogen) atoms. The van der Waals surface area contributed by atoms with Gasteiger partial charge in [-0.3, -0.25) is 0 Å². The molecule has 7 nitrogen and oxygen atoms in total. The Labute approximate surface area is 210 Å². The molecule has 1 fully saturated rings. The van der Waals surface area contributed by atoms with E-state index in [9.17, 15) is 0 Å². The molecule has 0 amide bonds. The average Bonchev–Trinajstić information content (AvgIpc) is 3.28. The van der Waals surface area contributed by atoms with E-state index >= 15 is 0 Å². The van der Waals surface area contributed by atoms with Crippen LogP contribution in [-0.2, 0) is 6.54 Å². The molecule has 2 heterocycles. The standard InChI is InChI=1S/C23H27ClN6O.HI/c1-2-25-23(27-19-11-13-30(14-12-19)20-9-4-3-5-10-20)26-16-21-28-22(29-31-21)17-7-6-8-18(24)15-17;/h3-10,15,19H,2,11-14,16H2,1H3,(H2,25,26,27);1H. The highest BCUT2D eigenvalue weighted by atomic mass is 127. The summed E-state index contributed by atoms with van der Waals surface area (Å²) in [5.41, 5.74) is 2.11. The molecule has 1 saturated heterocycles. The minimum atomic E-state index is 0. The van der Waals surface area contributed by atoms with Crippen molar-refractivity contribution in [2.45, 2.75) is 32.4 Å². The molecule has 9 heteroatoms. The summed E-state index contributed by atoms with van der Waals surface area (Å²) in [6.45, 7) is 5.19. The van der Waals surface area contributed by atoms with Crippen LogP contribution in [0.15, 0.2) is 64.1 Å². The predicted molar refractivity (Wildman–Crippen MR) is 140 cm³/mol. The van der Waals surface area contributed by atoms with Gasteiger partial charge in [0.2, 0.25) is 11.7 Å². The summed E-state index contributed by atoms with van der Waals surface area (Å²) in [4.78, 5) is 11.5. The lowest BCUT2D eigenvalue weighted by molar-refractivity contribution is 0.380. The smallest absolute Gasteiger partial charge is 0.248 e. The molecule has 0 saturated carbocycles. The molecule has 0 aliphatic carbocycles. The van der Waals surface area contributed by atoms with Crippen LogP contribution in [0.4, 0.5) is 5.69 Å². The van der Waals surface area contributed by atoms with Gasteiger partial charge >= 0.3 is 0 Å². The van der Waals surface area contributed by atoms with E-state index in [1.807, 2.05) is 24.3 Å². The molecule has 0 atom stereocenters. The van der Waals surface area contributed by atoms with Gasteiger partial charge in [-0.1, -0.05) is 47.1 Å². The number of anilines is 1. The van der Waals surface area contributed by atoms with E-state index in [1.165, 1.54) is 5.69 Å². The van der Waals surface area contributed by atoms with Gasteiger partial charge in [-0.25, -0.2) is 4.99 Å².